The molecule has 0 aliphatic carbocycles. The van der Waals surface area contributed by atoms with Crippen molar-refractivity contribution in [1.82, 2.24) is 10.2 Å². The van der Waals surface area contributed by atoms with Crippen LogP contribution >= 0.6 is 0 Å². The third-order valence-electron chi connectivity index (χ3n) is 4.51. The number of aliphatic hydroxyl groups is 3. The number of aliphatic hydroxyl groups excluding tert-OH is 3. The molecule has 0 saturated carbocycles. The van der Waals surface area contributed by atoms with Crippen LogP contribution in [0.2, 0.25) is 0 Å². The van der Waals surface area contributed by atoms with Crippen molar-refractivity contribution in [2.75, 3.05) is 13.2 Å². The summed E-state index contributed by atoms with van der Waals surface area (Å²) in [5.41, 5.74) is 0.959. The second kappa shape index (κ2) is 7.88. The van der Waals surface area contributed by atoms with Crippen LogP contribution in [0.3, 0.4) is 0 Å². The van der Waals surface area contributed by atoms with Gasteiger partial charge in [0.2, 0.25) is 5.91 Å². The molecule has 6 heteroatoms. The van der Waals surface area contributed by atoms with Crippen molar-refractivity contribution in [2.45, 2.75) is 50.6 Å². The second-order valence-electron chi connectivity index (χ2n) is 6.00. The van der Waals surface area contributed by atoms with Crippen LogP contribution in [0.4, 0.5) is 0 Å². The molecule has 0 aromatic heterocycles. The zero-order chi connectivity index (χ0) is 17.0. The Labute approximate surface area is 136 Å². The summed E-state index contributed by atoms with van der Waals surface area (Å²) in [6.45, 7) is 4.03. The van der Waals surface area contributed by atoms with E-state index in [4.69, 9.17) is 0 Å². The minimum absolute atomic E-state index is 0.225. The quantitative estimate of drug-likeness (QED) is 0.593. The molecule has 128 valence electrons. The highest BCUT2D eigenvalue weighted by Gasteiger charge is 2.52. The van der Waals surface area contributed by atoms with Crippen LogP contribution in [0.5, 0.6) is 0 Å². The first-order chi connectivity index (χ1) is 11.0. The number of carbonyl (C=O) groups is 1. The summed E-state index contributed by atoms with van der Waals surface area (Å²) in [7, 11) is 0. The maximum atomic E-state index is 12.5. The Hall–Kier alpha value is -1.47. The first kappa shape index (κ1) is 17.9. The molecule has 2 rings (SSSR count). The van der Waals surface area contributed by atoms with Gasteiger partial charge < -0.3 is 20.6 Å². The molecule has 0 bridgehead atoms. The summed E-state index contributed by atoms with van der Waals surface area (Å²) >= 11 is 0. The average Bonchev–Trinajstić information content (AvgIpc) is 2.83. The number of carbonyl (C=O) groups excluding carboxylic acids is 1. The Balaban J connectivity index is 2.31. The fourth-order valence-electron chi connectivity index (χ4n) is 3.25. The monoisotopic (exact) mass is 322 g/mol. The van der Waals surface area contributed by atoms with Gasteiger partial charge in [-0.3, -0.25) is 9.69 Å². The Morgan fingerprint density at radius 2 is 1.91 bits per heavy atom. The number of nitrogens with one attached hydrogen (secondary N) is 1. The van der Waals surface area contributed by atoms with Gasteiger partial charge in [0.05, 0.1) is 18.8 Å². The second-order valence-corrected chi connectivity index (χ2v) is 6.00. The highest BCUT2D eigenvalue weighted by Crippen LogP contribution is 2.34. The number of nitrogens with zero attached hydrogens (tertiary/aromatic N) is 1. The van der Waals surface area contributed by atoms with Gasteiger partial charge in [0.15, 0.2) is 0 Å². The summed E-state index contributed by atoms with van der Waals surface area (Å²) in [6, 6.07) is 7.76. The summed E-state index contributed by atoms with van der Waals surface area (Å²) in [4.78, 5) is 14.2. The van der Waals surface area contributed by atoms with Crippen LogP contribution in [0.25, 0.3) is 0 Å². The first-order valence-electron chi connectivity index (χ1n) is 8.10. The van der Waals surface area contributed by atoms with Gasteiger partial charge in [-0.05, 0) is 18.9 Å². The van der Waals surface area contributed by atoms with Gasteiger partial charge in [0, 0.05) is 12.6 Å². The lowest BCUT2D eigenvalue weighted by atomic mass is 10.0. The predicted octanol–water partition coefficient (Wildman–Crippen LogP) is 0.0407. The van der Waals surface area contributed by atoms with Crippen molar-refractivity contribution in [1.29, 1.82) is 0 Å². The number of benzene rings is 1. The van der Waals surface area contributed by atoms with Crippen LogP contribution in [0, 0.1) is 0 Å². The van der Waals surface area contributed by atoms with Crippen molar-refractivity contribution in [3.8, 4) is 0 Å². The smallest absolute Gasteiger partial charge is 0.240 e. The van der Waals surface area contributed by atoms with E-state index in [-0.39, 0.29) is 18.6 Å². The topological polar surface area (TPSA) is 93.0 Å². The molecule has 1 amide bonds. The number of likely N-dealkylation sites (tertiary alicyclic amines) is 1. The zero-order valence-corrected chi connectivity index (χ0v) is 13.6. The van der Waals surface area contributed by atoms with E-state index in [0.29, 0.717) is 6.54 Å². The molecule has 1 heterocycles. The normalized spacial score (nSPS) is 29.4. The van der Waals surface area contributed by atoms with Crippen LogP contribution < -0.4 is 5.32 Å². The highest BCUT2D eigenvalue weighted by molar-refractivity contribution is 5.83. The fraction of sp³-hybridized carbons (Fsp3) is 0.588. The summed E-state index contributed by atoms with van der Waals surface area (Å²) in [5, 5.41) is 33.0. The molecule has 1 aliphatic heterocycles. The van der Waals surface area contributed by atoms with E-state index >= 15 is 0 Å². The molecule has 0 spiro atoms. The zero-order valence-electron chi connectivity index (χ0n) is 13.6. The molecule has 0 radical (unpaired) electrons. The summed E-state index contributed by atoms with van der Waals surface area (Å²) < 4.78 is 0. The molecule has 1 fully saturated rings. The molecule has 5 atom stereocenters. The number of hydrogen-bond acceptors (Lipinski definition) is 5. The SMILES string of the molecule is CCCNC(=O)[C@@H]1[C@@H](O)[C@H](O)[C@@H](CO)N1C(C)c1ccccc1. The van der Waals surface area contributed by atoms with Crippen molar-refractivity contribution < 1.29 is 20.1 Å². The van der Waals surface area contributed by atoms with E-state index in [1.54, 1.807) is 4.90 Å². The lowest BCUT2D eigenvalue weighted by molar-refractivity contribution is -0.129. The predicted molar refractivity (Wildman–Crippen MR) is 86.7 cm³/mol. The third kappa shape index (κ3) is 3.55. The summed E-state index contributed by atoms with van der Waals surface area (Å²) in [5.74, 6) is -0.322. The van der Waals surface area contributed by atoms with Crippen LogP contribution in [-0.4, -0.2) is 63.6 Å². The van der Waals surface area contributed by atoms with Gasteiger partial charge in [-0.1, -0.05) is 37.3 Å². The Bertz CT molecular complexity index is 511. The molecule has 1 aromatic carbocycles. The van der Waals surface area contributed by atoms with Gasteiger partial charge in [-0.25, -0.2) is 0 Å². The van der Waals surface area contributed by atoms with Crippen LogP contribution in [-0.2, 0) is 4.79 Å². The Kier molecular flexibility index (Phi) is 6.12. The van der Waals surface area contributed by atoms with Gasteiger partial charge in [0.1, 0.15) is 12.1 Å². The molecular formula is C17H26N2O4. The van der Waals surface area contributed by atoms with E-state index in [1.807, 2.05) is 44.2 Å². The standard InChI is InChI=1S/C17H26N2O4/c1-3-9-18-17(23)14-16(22)15(21)13(10-20)19(14)11(2)12-7-5-4-6-8-12/h4-8,11,13-16,20-22H,3,9-10H2,1-2H3,(H,18,23)/t11?,13-,14+,15-,16-/m1/s1. The van der Waals surface area contributed by atoms with Crippen molar-refractivity contribution in [3.63, 3.8) is 0 Å². The third-order valence-corrected chi connectivity index (χ3v) is 4.51. The minimum atomic E-state index is -1.23. The van der Waals surface area contributed by atoms with E-state index in [2.05, 4.69) is 5.32 Å². The van der Waals surface area contributed by atoms with Gasteiger partial charge in [-0.2, -0.15) is 0 Å². The largest absolute Gasteiger partial charge is 0.395 e. The Morgan fingerprint density at radius 3 is 2.48 bits per heavy atom. The molecule has 1 saturated heterocycles. The average molecular weight is 322 g/mol. The van der Waals surface area contributed by atoms with Crippen molar-refractivity contribution >= 4 is 5.91 Å². The number of hydrogen-bond donors (Lipinski definition) is 4. The van der Waals surface area contributed by atoms with E-state index < -0.39 is 24.3 Å². The van der Waals surface area contributed by atoms with Crippen molar-refractivity contribution in [3.05, 3.63) is 35.9 Å². The highest BCUT2D eigenvalue weighted by atomic mass is 16.3. The fourth-order valence-corrected chi connectivity index (χ4v) is 3.25. The summed E-state index contributed by atoms with van der Waals surface area (Å²) in [6.07, 6.45) is -1.60. The number of rotatable bonds is 6. The van der Waals surface area contributed by atoms with E-state index in [1.165, 1.54) is 0 Å². The molecule has 23 heavy (non-hydrogen) atoms. The van der Waals surface area contributed by atoms with Crippen LogP contribution in [0.1, 0.15) is 31.9 Å². The lowest BCUT2D eigenvalue weighted by Gasteiger charge is -2.34. The first-order valence-corrected chi connectivity index (χ1v) is 8.10. The lowest BCUT2D eigenvalue weighted by Crippen LogP contribution is -2.51. The Morgan fingerprint density at radius 1 is 1.26 bits per heavy atom. The molecule has 6 nitrogen and oxygen atoms in total. The van der Waals surface area contributed by atoms with Gasteiger partial charge >= 0.3 is 0 Å². The maximum absolute atomic E-state index is 12.5. The van der Waals surface area contributed by atoms with Crippen molar-refractivity contribution in [2.24, 2.45) is 0 Å². The molecule has 1 aliphatic rings. The van der Waals surface area contributed by atoms with Gasteiger partial charge in [0.25, 0.3) is 0 Å². The minimum Gasteiger partial charge on any atom is -0.395 e. The van der Waals surface area contributed by atoms with E-state index in [9.17, 15) is 20.1 Å². The maximum Gasteiger partial charge on any atom is 0.240 e. The molecule has 1 aromatic rings. The molecular weight excluding hydrogens is 296 g/mol. The molecule has 4 N–H and O–H groups in total. The van der Waals surface area contributed by atoms with Gasteiger partial charge in [-0.15, -0.1) is 0 Å². The van der Waals surface area contributed by atoms with E-state index in [0.717, 1.165) is 12.0 Å². The van der Waals surface area contributed by atoms with Crippen LogP contribution in [0.15, 0.2) is 30.3 Å². The number of amides is 1. The molecule has 1 unspecified atom stereocenters.